The third-order valence-corrected chi connectivity index (χ3v) is 20.8. The summed E-state index contributed by atoms with van der Waals surface area (Å²) in [6, 6.07) is 15.8. The molecule has 27 nitrogen and oxygen atoms in total. The third-order valence-electron chi connectivity index (χ3n) is 19.8. The van der Waals surface area contributed by atoms with Crippen LogP contribution in [0.4, 0.5) is 33.1 Å². The molecule has 4 bridgehead atoms. The van der Waals surface area contributed by atoms with Crippen LogP contribution in [0.2, 0.25) is 0 Å². The van der Waals surface area contributed by atoms with Crippen LogP contribution in [0.15, 0.2) is 79.0 Å². The number of thiazole rings is 1. The van der Waals surface area contributed by atoms with Gasteiger partial charge in [-0.25, -0.2) is 24.4 Å². The van der Waals surface area contributed by atoms with E-state index in [0.717, 1.165) is 94.0 Å². The predicted molar refractivity (Wildman–Crippen MR) is 366 cm³/mol. The summed E-state index contributed by atoms with van der Waals surface area (Å²) >= 11 is 1.54. The van der Waals surface area contributed by atoms with Gasteiger partial charge in [-0.1, -0.05) is 63.3 Å². The SMILES string of the molecule is Cc1c(Nc2nc3ccccc3s2)nnc2c1CCCN2c1ccc(-c2cnn(CC34CC5(OCC[N+](C)(CC(=O)O)Cc6ccc(NC(=O)[C@H](CCCNC(N)=O)NC(=O)[C@@H](NC(=O)CCOCCN7C(=O)C=CC7=O)C(C)C)cc6)C[C@](C)(C3)C[C@](C)(C4)C5)c2C)c(C(=O)O)n1. The molecule has 6 aromatic rings. The van der Waals surface area contributed by atoms with E-state index >= 15 is 0 Å². The minimum absolute atomic E-state index is 0.0207. The fourth-order valence-corrected chi connectivity index (χ4v) is 17.4. The number of fused-ring (bicyclic) bond motifs is 2. The highest BCUT2D eigenvalue weighted by Crippen LogP contribution is 2.72. The molecule has 7 atom stereocenters. The minimum atomic E-state index is -1.16. The molecule has 2 aliphatic heterocycles. The van der Waals surface area contributed by atoms with Crippen molar-refractivity contribution in [1.82, 2.24) is 50.8 Å². The monoisotopic (exact) mass is 1360 g/mol. The summed E-state index contributed by atoms with van der Waals surface area (Å²) < 4.78 is 15.9. The molecular formula is C70H88N15O12S+. The average molecular weight is 1360 g/mol. The number of nitrogens with two attached hydrogens (primary N) is 1. The van der Waals surface area contributed by atoms with Crippen molar-refractivity contribution in [2.75, 3.05) is 75.1 Å². The number of anilines is 5. The van der Waals surface area contributed by atoms with Crippen LogP contribution in [-0.2, 0) is 57.8 Å². The van der Waals surface area contributed by atoms with Crippen LogP contribution in [0.1, 0.15) is 125 Å². The van der Waals surface area contributed by atoms with Crippen molar-refractivity contribution < 1.29 is 62.5 Å². The predicted octanol–water partition coefficient (Wildman–Crippen LogP) is 7.70. The lowest BCUT2D eigenvalue weighted by Gasteiger charge is -2.69. The molecule has 4 aliphatic carbocycles. The van der Waals surface area contributed by atoms with E-state index in [-0.39, 0.29) is 78.5 Å². The quantitative estimate of drug-likeness (QED) is 0.0117. The number of carboxylic acids is 2. The number of aliphatic carboxylic acids is 1. The van der Waals surface area contributed by atoms with Gasteiger partial charge < -0.3 is 61.4 Å². The lowest BCUT2D eigenvalue weighted by molar-refractivity contribution is -0.916. The van der Waals surface area contributed by atoms with E-state index in [1.54, 1.807) is 43.5 Å². The first-order valence-corrected chi connectivity index (χ1v) is 34.3. The summed E-state index contributed by atoms with van der Waals surface area (Å²) in [5.74, 6) is -3.31. The molecule has 0 radical (unpaired) electrons. The van der Waals surface area contributed by atoms with Gasteiger partial charge in [-0.3, -0.25) is 33.6 Å². The maximum atomic E-state index is 14.0. The van der Waals surface area contributed by atoms with Gasteiger partial charge in [0.05, 0.1) is 55.4 Å². The number of quaternary nitrogens is 1. The van der Waals surface area contributed by atoms with Crippen LogP contribution in [0.25, 0.3) is 21.3 Å². The smallest absolute Gasteiger partial charge is 0.359 e. The average Bonchev–Trinajstić information content (AvgIpc) is 1.65. The Morgan fingerprint density at radius 1 is 0.837 bits per heavy atom. The number of benzene rings is 2. The Labute approximate surface area is 572 Å². The summed E-state index contributed by atoms with van der Waals surface area (Å²) in [6.07, 6.45) is 11.5. The molecule has 3 unspecified atom stereocenters. The Balaban J connectivity index is 0.719. The molecule has 4 saturated carbocycles. The van der Waals surface area contributed by atoms with Crippen LogP contribution in [0, 0.1) is 36.0 Å². The molecule has 4 aromatic heterocycles. The zero-order valence-electron chi connectivity index (χ0n) is 56.6. The molecule has 98 heavy (non-hydrogen) atoms. The Morgan fingerprint density at radius 2 is 1.57 bits per heavy atom. The second-order valence-corrected chi connectivity index (χ2v) is 29.8. The van der Waals surface area contributed by atoms with E-state index in [4.69, 9.17) is 30.3 Å². The number of aromatic carboxylic acids is 1. The zero-order chi connectivity index (χ0) is 69.9. The first-order chi connectivity index (χ1) is 46.6. The first-order valence-electron chi connectivity index (χ1n) is 33.5. The topological polar surface area (TPSA) is 358 Å². The highest BCUT2D eigenvalue weighted by atomic mass is 32.1. The Hall–Kier alpha value is -9.25. The van der Waals surface area contributed by atoms with Crippen molar-refractivity contribution in [1.29, 1.82) is 0 Å². The second kappa shape index (κ2) is 28.7. The van der Waals surface area contributed by atoms with Crippen molar-refractivity contribution in [3.8, 4) is 11.1 Å². The fourth-order valence-electron chi connectivity index (χ4n) is 16.6. The molecule has 6 aliphatic rings. The van der Waals surface area contributed by atoms with Gasteiger partial charge in [0.2, 0.25) is 17.7 Å². The number of primary amides is 1. The first kappa shape index (κ1) is 70.1. The summed E-state index contributed by atoms with van der Waals surface area (Å²) in [6.45, 7) is 14.4. The van der Waals surface area contributed by atoms with Crippen LogP contribution >= 0.6 is 11.3 Å². The van der Waals surface area contributed by atoms with Crippen LogP contribution < -0.4 is 37.2 Å². The van der Waals surface area contributed by atoms with Gasteiger partial charge >= 0.3 is 18.0 Å². The molecule has 9 N–H and O–H groups in total. The highest BCUT2D eigenvalue weighted by Gasteiger charge is 2.66. The van der Waals surface area contributed by atoms with E-state index < -0.39 is 71.1 Å². The van der Waals surface area contributed by atoms with Crippen molar-refractivity contribution >= 4 is 97.3 Å². The summed E-state index contributed by atoms with van der Waals surface area (Å²) in [4.78, 5) is 114. The Bertz CT molecular complexity index is 4030. The molecular weight excluding hydrogens is 1270 g/mol. The molecule has 520 valence electrons. The number of nitrogens with zero attached hydrogens (tertiary/aromatic N) is 9. The molecule has 0 spiro atoms. The van der Waals surface area contributed by atoms with Gasteiger partial charge in [0.1, 0.15) is 31.0 Å². The maximum absolute atomic E-state index is 14.0. The third kappa shape index (κ3) is 16.0. The number of hydrogen-bond donors (Lipinski definition) is 8. The summed E-state index contributed by atoms with van der Waals surface area (Å²) in [7, 11) is 1.90. The standard InChI is InChI=1S/C70H87N15O12S/c1-42(2)58(78-54(86)24-29-96-30-27-83-55(87)22-23-56(83)88)63(92)75-51(14-10-25-72-65(71)95)62(91)74-46-18-16-45(17-19-46)33-85(7,34-57(89)90)28-31-97-70-38-67(5)35-68(6,39-70)37-69(36-67,40-70)41-84-44(4)49(32-73-84)48-20-21-53(77-59(48)64(93)94)82-26-11-12-47-43(3)60(80-81-61(47)82)79-66-76-50-13-8-9-15-52(50)98-66/h8-9,13,15-23,32,42,51,58H,10-12,14,24-31,33-41H2,1-7H3,(H8-,71,72,74,75,76,78,79,80,86,89,90,91,92,93,94,95)/p+1/t51-,58-,67-,68+,69?,70?,85?/m0/s1. The number of rotatable bonds is 31. The van der Waals surface area contributed by atoms with Gasteiger partial charge in [-0.05, 0) is 137 Å². The number of urea groups is 1. The number of carboxylic acid groups (broad SMARTS) is 2. The Morgan fingerprint density at radius 3 is 2.27 bits per heavy atom. The molecule has 6 heterocycles. The van der Waals surface area contributed by atoms with E-state index in [1.165, 1.54) is 12.2 Å². The Kier molecular flexibility index (Phi) is 20.5. The number of carbonyl (C=O) groups excluding carboxylic acids is 6. The van der Waals surface area contributed by atoms with E-state index in [1.807, 2.05) is 79.0 Å². The molecule has 2 aromatic carbocycles. The minimum Gasteiger partial charge on any atom is -0.477 e. The van der Waals surface area contributed by atoms with Gasteiger partial charge in [-0.2, -0.15) is 5.10 Å². The number of hydrogen-bond acceptors (Lipinski definition) is 18. The largest absolute Gasteiger partial charge is 0.477 e. The molecule has 0 saturated heterocycles. The van der Waals surface area contributed by atoms with Gasteiger partial charge in [0.15, 0.2) is 29.0 Å². The van der Waals surface area contributed by atoms with Crippen LogP contribution in [0.3, 0.4) is 0 Å². The van der Waals surface area contributed by atoms with Crippen molar-refractivity contribution in [3.63, 3.8) is 0 Å². The second-order valence-electron chi connectivity index (χ2n) is 28.8. The molecule has 7 amide bonds. The fraction of sp³-hybridized carbons (Fsp3) is 0.500. The molecule has 4 fully saturated rings. The number of likely N-dealkylation sites (N-methyl/N-ethyl adjacent to an activating group) is 1. The molecule has 28 heteroatoms. The number of aromatic nitrogens is 6. The highest BCUT2D eigenvalue weighted by molar-refractivity contribution is 7.22. The van der Waals surface area contributed by atoms with E-state index in [2.05, 4.69) is 50.6 Å². The van der Waals surface area contributed by atoms with Crippen molar-refractivity contribution in [3.05, 3.63) is 107 Å². The lowest BCUT2D eigenvalue weighted by Crippen LogP contribution is -2.64. The van der Waals surface area contributed by atoms with Gasteiger partial charge in [0, 0.05) is 77.4 Å². The maximum Gasteiger partial charge on any atom is 0.359 e. The number of para-hydroxylation sites is 1. The van der Waals surface area contributed by atoms with Gasteiger partial charge in [0.25, 0.3) is 11.8 Å². The number of imide groups is 1. The van der Waals surface area contributed by atoms with Gasteiger partial charge in [-0.15, -0.1) is 10.2 Å². The number of carbonyl (C=O) groups is 8. The summed E-state index contributed by atoms with van der Waals surface area (Å²) in [5, 5.41) is 50.3. The van der Waals surface area contributed by atoms with Crippen LogP contribution in [-0.4, -0.2) is 174 Å². The number of ether oxygens (including phenoxy) is 2. The number of pyridine rings is 1. The molecule has 12 rings (SSSR count). The lowest BCUT2D eigenvalue weighted by atomic mass is 9.39. The van der Waals surface area contributed by atoms with Crippen LogP contribution in [0.5, 0.6) is 0 Å². The van der Waals surface area contributed by atoms with E-state index in [0.29, 0.717) is 67.1 Å². The van der Waals surface area contributed by atoms with Crippen molar-refractivity contribution in [2.24, 2.45) is 27.9 Å². The van der Waals surface area contributed by atoms with E-state index in [9.17, 15) is 48.6 Å². The summed E-state index contributed by atoms with van der Waals surface area (Å²) in [5.41, 5.74) is 10.6. The zero-order valence-corrected chi connectivity index (χ0v) is 57.4. The van der Waals surface area contributed by atoms with Crippen molar-refractivity contribution in [2.45, 2.75) is 143 Å². The number of amides is 7. The number of nitrogens with one attached hydrogen (secondary N) is 5. The normalized spacial score (nSPS) is 22.0.